The fourth-order valence-electron chi connectivity index (χ4n) is 2.53. The van der Waals surface area contributed by atoms with Crippen molar-refractivity contribution in [3.8, 4) is 11.5 Å². The maximum absolute atomic E-state index is 12.7. The summed E-state index contributed by atoms with van der Waals surface area (Å²) in [5.74, 6) is 1.36. The molecule has 1 aliphatic rings. The Morgan fingerprint density at radius 2 is 1.92 bits per heavy atom. The van der Waals surface area contributed by atoms with Gasteiger partial charge in [0.05, 0.1) is 10.6 Å². The first kappa shape index (κ1) is 17.0. The van der Waals surface area contributed by atoms with E-state index in [9.17, 15) is 4.79 Å². The highest BCUT2D eigenvalue weighted by Crippen LogP contribution is 2.31. The minimum absolute atomic E-state index is 0.106. The van der Waals surface area contributed by atoms with Crippen LogP contribution in [0.3, 0.4) is 0 Å². The van der Waals surface area contributed by atoms with E-state index in [2.05, 4.69) is 0 Å². The Kier molecular flexibility index (Phi) is 5.21. The molecule has 0 aromatic heterocycles. The van der Waals surface area contributed by atoms with Crippen LogP contribution in [-0.4, -0.2) is 37.3 Å². The molecule has 24 heavy (non-hydrogen) atoms. The zero-order valence-corrected chi connectivity index (χ0v) is 15.1. The van der Waals surface area contributed by atoms with Crippen LogP contribution < -0.4 is 9.47 Å². The predicted octanol–water partition coefficient (Wildman–Crippen LogP) is 4.11. The van der Waals surface area contributed by atoms with Crippen molar-refractivity contribution in [1.29, 1.82) is 0 Å². The van der Waals surface area contributed by atoms with Gasteiger partial charge in [0.25, 0.3) is 5.91 Å². The molecule has 3 rings (SSSR count). The first-order valence-electron chi connectivity index (χ1n) is 7.56. The summed E-state index contributed by atoms with van der Waals surface area (Å²) in [6, 6.07) is 11.2. The quantitative estimate of drug-likeness (QED) is 0.766. The normalized spacial score (nSPS) is 12.8. The van der Waals surface area contributed by atoms with E-state index in [0.717, 1.165) is 22.0 Å². The molecule has 1 amide bonds. The van der Waals surface area contributed by atoms with Crippen LogP contribution in [0.2, 0.25) is 5.02 Å². The molecule has 0 bridgehead atoms. The number of nitrogens with zero attached hydrogens (tertiary/aromatic N) is 1. The lowest BCUT2D eigenvalue weighted by Gasteiger charge is -2.21. The average molecular weight is 364 g/mol. The van der Waals surface area contributed by atoms with Crippen LogP contribution in [0.15, 0.2) is 41.3 Å². The molecule has 1 aliphatic heterocycles. The third-order valence-corrected chi connectivity index (χ3v) is 4.83. The highest BCUT2D eigenvalue weighted by atomic mass is 35.5. The first-order valence-corrected chi connectivity index (χ1v) is 9.16. The lowest BCUT2D eigenvalue weighted by atomic mass is 10.1. The zero-order chi connectivity index (χ0) is 17.1. The summed E-state index contributed by atoms with van der Waals surface area (Å²) in [4.78, 5) is 15.4. The molecule has 0 radical (unpaired) electrons. The minimum atomic E-state index is -0.106. The Hall–Kier alpha value is -1.85. The summed E-state index contributed by atoms with van der Waals surface area (Å²) in [6.07, 6.45) is 1.97. The lowest BCUT2D eigenvalue weighted by molar-refractivity contribution is 0.0784. The summed E-state index contributed by atoms with van der Waals surface area (Å²) in [7, 11) is 1.77. The van der Waals surface area contributed by atoms with E-state index in [0.29, 0.717) is 30.3 Å². The number of rotatable bonds is 4. The van der Waals surface area contributed by atoms with Gasteiger partial charge in [-0.05, 0) is 42.2 Å². The number of ether oxygens (including phenoxy) is 2. The molecule has 0 saturated heterocycles. The summed E-state index contributed by atoms with van der Waals surface area (Å²) >= 11 is 7.78. The van der Waals surface area contributed by atoms with Gasteiger partial charge >= 0.3 is 0 Å². The lowest BCUT2D eigenvalue weighted by Crippen LogP contribution is -2.26. The van der Waals surface area contributed by atoms with Gasteiger partial charge in [0.2, 0.25) is 0 Å². The second-order valence-corrected chi connectivity index (χ2v) is 6.77. The molecule has 1 heterocycles. The van der Waals surface area contributed by atoms with Crippen molar-refractivity contribution in [3.63, 3.8) is 0 Å². The van der Waals surface area contributed by atoms with Crippen LogP contribution in [0, 0.1) is 0 Å². The molecule has 0 atom stereocenters. The van der Waals surface area contributed by atoms with Gasteiger partial charge in [-0.15, -0.1) is 11.8 Å². The van der Waals surface area contributed by atoms with Gasteiger partial charge in [-0.1, -0.05) is 17.7 Å². The average Bonchev–Trinajstić information content (AvgIpc) is 2.61. The topological polar surface area (TPSA) is 38.8 Å². The van der Waals surface area contributed by atoms with Gasteiger partial charge in [0.15, 0.2) is 11.5 Å². The van der Waals surface area contributed by atoms with Crippen LogP contribution in [-0.2, 0) is 6.54 Å². The molecule has 0 aliphatic carbocycles. The van der Waals surface area contributed by atoms with Crippen molar-refractivity contribution in [3.05, 3.63) is 52.5 Å². The summed E-state index contributed by atoms with van der Waals surface area (Å²) in [5, 5.41) is 0.465. The Labute approximate surface area is 150 Å². The van der Waals surface area contributed by atoms with E-state index in [-0.39, 0.29) is 5.91 Å². The van der Waals surface area contributed by atoms with Crippen LogP contribution in [0.5, 0.6) is 11.5 Å². The molecule has 0 spiro atoms. The van der Waals surface area contributed by atoms with E-state index >= 15 is 0 Å². The molecule has 6 heteroatoms. The maximum Gasteiger partial charge on any atom is 0.255 e. The van der Waals surface area contributed by atoms with Crippen LogP contribution in [0.25, 0.3) is 0 Å². The third kappa shape index (κ3) is 3.62. The van der Waals surface area contributed by atoms with Crippen molar-refractivity contribution < 1.29 is 14.3 Å². The van der Waals surface area contributed by atoms with E-state index in [1.165, 1.54) is 0 Å². The van der Waals surface area contributed by atoms with Crippen molar-refractivity contribution in [2.24, 2.45) is 0 Å². The molecule has 2 aromatic rings. The smallest absolute Gasteiger partial charge is 0.255 e. The van der Waals surface area contributed by atoms with E-state index in [1.54, 1.807) is 29.8 Å². The van der Waals surface area contributed by atoms with Crippen molar-refractivity contribution in [1.82, 2.24) is 4.90 Å². The largest absolute Gasteiger partial charge is 0.486 e. The Balaban J connectivity index is 1.77. The Bertz CT molecular complexity index is 766. The summed E-state index contributed by atoms with van der Waals surface area (Å²) in [5.41, 5.74) is 1.50. The van der Waals surface area contributed by atoms with Gasteiger partial charge in [0, 0.05) is 18.5 Å². The Morgan fingerprint density at radius 1 is 1.17 bits per heavy atom. The number of thioether (sulfide) groups is 1. The molecule has 2 aromatic carbocycles. The SMILES string of the molecule is CSc1ccc(Cl)c(C(=O)N(C)Cc2ccc3c(c2)OCCO3)c1. The summed E-state index contributed by atoms with van der Waals surface area (Å²) in [6.45, 7) is 1.58. The highest BCUT2D eigenvalue weighted by molar-refractivity contribution is 7.98. The molecular formula is C18H18ClNO3S. The number of halogens is 1. The van der Waals surface area contributed by atoms with Crippen molar-refractivity contribution in [2.75, 3.05) is 26.5 Å². The minimum Gasteiger partial charge on any atom is -0.486 e. The fraction of sp³-hybridized carbons (Fsp3) is 0.278. The number of hydrogen-bond acceptors (Lipinski definition) is 4. The number of fused-ring (bicyclic) bond motifs is 1. The zero-order valence-electron chi connectivity index (χ0n) is 13.5. The number of hydrogen-bond donors (Lipinski definition) is 0. The van der Waals surface area contributed by atoms with Gasteiger partial charge < -0.3 is 14.4 Å². The van der Waals surface area contributed by atoms with E-state index in [4.69, 9.17) is 21.1 Å². The fourth-order valence-corrected chi connectivity index (χ4v) is 3.17. The first-order chi connectivity index (χ1) is 11.6. The standard InChI is InChI=1S/C18H18ClNO3S/c1-20(18(21)14-10-13(24-2)4-5-15(14)19)11-12-3-6-16-17(9-12)23-8-7-22-16/h3-6,9-10H,7-8,11H2,1-2H3. The number of carbonyl (C=O) groups is 1. The molecule has 0 N–H and O–H groups in total. The van der Waals surface area contributed by atoms with Gasteiger partial charge in [-0.2, -0.15) is 0 Å². The maximum atomic E-state index is 12.7. The van der Waals surface area contributed by atoms with Crippen LogP contribution >= 0.6 is 23.4 Å². The molecule has 126 valence electrons. The highest BCUT2D eigenvalue weighted by Gasteiger charge is 2.18. The molecule has 0 unspecified atom stereocenters. The Morgan fingerprint density at radius 3 is 2.67 bits per heavy atom. The second kappa shape index (κ2) is 7.36. The molecular weight excluding hydrogens is 346 g/mol. The van der Waals surface area contributed by atoms with Gasteiger partial charge in [0.1, 0.15) is 13.2 Å². The van der Waals surface area contributed by atoms with Crippen LogP contribution in [0.4, 0.5) is 0 Å². The number of amides is 1. The molecule has 0 fully saturated rings. The van der Waals surface area contributed by atoms with Crippen LogP contribution in [0.1, 0.15) is 15.9 Å². The second-order valence-electron chi connectivity index (χ2n) is 5.49. The van der Waals surface area contributed by atoms with Gasteiger partial charge in [-0.25, -0.2) is 0 Å². The van der Waals surface area contributed by atoms with Gasteiger partial charge in [-0.3, -0.25) is 4.79 Å². The monoisotopic (exact) mass is 363 g/mol. The summed E-state index contributed by atoms with van der Waals surface area (Å²) < 4.78 is 11.1. The number of carbonyl (C=O) groups excluding carboxylic acids is 1. The van der Waals surface area contributed by atoms with E-state index in [1.807, 2.05) is 36.6 Å². The predicted molar refractivity (Wildman–Crippen MR) is 96.5 cm³/mol. The molecule has 4 nitrogen and oxygen atoms in total. The number of benzene rings is 2. The van der Waals surface area contributed by atoms with Crippen molar-refractivity contribution >= 4 is 29.3 Å². The van der Waals surface area contributed by atoms with E-state index < -0.39 is 0 Å². The molecule has 0 saturated carbocycles. The van der Waals surface area contributed by atoms with Crippen molar-refractivity contribution in [2.45, 2.75) is 11.4 Å². The third-order valence-electron chi connectivity index (χ3n) is 3.78.